The highest BCUT2D eigenvalue weighted by Crippen LogP contribution is 2.38. The predicted molar refractivity (Wildman–Crippen MR) is 117 cm³/mol. The van der Waals surface area contributed by atoms with E-state index < -0.39 is 0 Å². The van der Waals surface area contributed by atoms with Gasteiger partial charge in [0.05, 0.1) is 35.5 Å². The molecule has 0 unspecified atom stereocenters. The monoisotopic (exact) mass is 430 g/mol. The normalized spacial score (nSPS) is 14.2. The lowest BCUT2D eigenvalue weighted by Crippen LogP contribution is -2.48. The van der Waals surface area contributed by atoms with Crippen LogP contribution in [0.15, 0.2) is 30.3 Å². The summed E-state index contributed by atoms with van der Waals surface area (Å²) in [6.45, 7) is 3.58. The van der Waals surface area contributed by atoms with Gasteiger partial charge < -0.3 is 28.6 Å². The molecule has 0 radical (unpaired) electrons. The fraction of sp³-hybridized carbons (Fsp3) is 0.435. The molecule has 1 heterocycles. The summed E-state index contributed by atoms with van der Waals surface area (Å²) in [5.74, 6) is 2.89. The van der Waals surface area contributed by atoms with Gasteiger partial charge in [0.2, 0.25) is 5.75 Å². The number of carbonyl (C=O) groups excluding carboxylic acids is 1. The molecule has 3 rings (SSSR count). The lowest BCUT2D eigenvalue weighted by molar-refractivity contribution is 0.0627. The van der Waals surface area contributed by atoms with Crippen molar-refractivity contribution in [3.63, 3.8) is 0 Å². The van der Waals surface area contributed by atoms with E-state index in [0.29, 0.717) is 35.9 Å². The van der Waals surface area contributed by atoms with E-state index in [1.807, 2.05) is 23.1 Å². The van der Waals surface area contributed by atoms with Crippen LogP contribution < -0.4 is 23.7 Å². The number of nitrogens with zero attached hydrogens (tertiary/aromatic N) is 2. The molecule has 2 aromatic rings. The zero-order valence-electron chi connectivity index (χ0n) is 18.8. The van der Waals surface area contributed by atoms with Crippen molar-refractivity contribution < 1.29 is 28.5 Å². The molecule has 1 aliphatic heterocycles. The Morgan fingerprint density at radius 2 is 1.29 bits per heavy atom. The minimum absolute atomic E-state index is 0.0537. The van der Waals surface area contributed by atoms with Gasteiger partial charge in [-0.2, -0.15) is 0 Å². The van der Waals surface area contributed by atoms with Crippen molar-refractivity contribution in [1.29, 1.82) is 0 Å². The van der Waals surface area contributed by atoms with Crippen LogP contribution in [0.4, 0.5) is 0 Å². The molecular weight excluding hydrogens is 400 g/mol. The summed E-state index contributed by atoms with van der Waals surface area (Å²) < 4.78 is 26.8. The lowest BCUT2D eigenvalue weighted by Gasteiger charge is -2.35. The Morgan fingerprint density at radius 3 is 1.74 bits per heavy atom. The maximum absolute atomic E-state index is 13.1. The molecule has 0 spiro atoms. The van der Waals surface area contributed by atoms with Crippen molar-refractivity contribution in [3.05, 3.63) is 41.5 Å². The molecule has 1 aliphatic rings. The molecule has 0 bridgehead atoms. The summed E-state index contributed by atoms with van der Waals surface area (Å²) >= 11 is 0. The van der Waals surface area contributed by atoms with Crippen molar-refractivity contribution in [2.75, 3.05) is 61.7 Å². The largest absolute Gasteiger partial charge is 0.497 e. The van der Waals surface area contributed by atoms with Gasteiger partial charge in [-0.3, -0.25) is 9.69 Å². The summed E-state index contributed by atoms with van der Waals surface area (Å²) in [6, 6.07) is 9.26. The molecule has 0 aromatic heterocycles. The molecule has 0 saturated carbocycles. The second kappa shape index (κ2) is 10.3. The number of methoxy groups -OCH3 is 5. The van der Waals surface area contributed by atoms with E-state index in [4.69, 9.17) is 23.7 Å². The van der Waals surface area contributed by atoms with Crippen molar-refractivity contribution in [1.82, 2.24) is 9.80 Å². The van der Waals surface area contributed by atoms with Gasteiger partial charge in [0, 0.05) is 44.4 Å². The molecule has 0 atom stereocenters. The fourth-order valence-corrected chi connectivity index (χ4v) is 3.71. The molecule has 168 valence electrons. The first kappa shape index (κ1) is 22.6. The van der Waals surface area contributed by atoms with Crippen LogP contribution in [-0.2, 0) is 6.54 Å². The predicted octanol–water partition coefficient (Wildman–Crippen LogP) is 2.69. The third-order valence-corrected chi connectivity index (χ3v) is 5.39. The number of piperazine rings is 1. The van der Waals surface area contributed by atoms with E-state index >= 15 is 0 Å². The van der Waals surface area contributed by atoms with E-state index in [1.165, 1.54) is 14.2 Å². The highest BCUT2D eigenvalue weighted by atomic mass is 16.5. The van der Waals surface area contributed by atoms with Crippen molar-refractivity contribution in [3.8, 4) is 28.7 Å². The number of amides is 1. The fourth-order valence-electron chi connectivity index (χ4n) is 3.71. The number of rotatable bonds is 8. The van der Waals surface area contributed by atoms with Gasteiger partial charge in [-0.25, -0.2) is 0 Å². The lowest BCUT2D eigenvalue weighted by atomic mass is 10.1. The van der Waals surface area contributed by atoms with Gasteiger partial charge in [-0.1, -0.05) is 0 Å². The van der Waals surface area contributed by atoms with Crippen molar-refractivity contribution >= 4 is 5.91 Å². The SMILES string of the molecule is COc1cc(CN2CCN(C(=O)c3cc(OC)c(OC)c(OC)c3)CC2)cc(OC)c1. The molecule has 0 aliphatic carbocycles. The number of hydrogen-bond acceptors (Lipinski definition) is 7. The third-order valence-electron chi connectivity index (χ3n) is 5.39. The third kappa shape index (κ3) is 5.14. The van der Waals surface area contributed by atoms with E-state index in [1.54, 1.807) is 33.5 Å². The van der Waals surface area contributed by atoms with Crippen molar-refractivity contribution in [2.24, 2.45) is 0 Å². The van der Waals surface area contributed by atoms with E-state index in [2.05, 4.69) is 4.90 Å². The second-order valence-corrected chi connectivity index (χ2v) is 7.20. The Hall–Kier alpha value is -3.13. The molecule has 1 saturated heterocycles. The van der Waals surface area contributed by atoms with Crippen LogP contribution >= 0.6 is 0 Å². The molecule has 2 aromatic carbocycles. The number of ether oxygens (including phenoxy) is 5. The van der Waals surface area contributed by atoms with Gasteiger partial charge in [0.25, 0.3) is 5.91 Å². The molecular formula is C23H30N2O6. The summed E-state index contributed by atoms with van der Waals surface area (Å²) in [7, 11) is 7.91. The van der Waals surface area contributed by atoms with Gasteiger partial charge in [-0.15, -0.1) is 0 Å². The summed E-state index contributed by atoms with van der Waals surface area (Å²) in [4.78, 5) is 17.3. The Labute approximate surface area is 183 Å². The van der Waals surface area contributed by atoms with Gasteiger partial charge in [-0.05, 0) is 29.8 Å². The summed E-state index contributed by atoms with van der Waals surface area (Å²) in [5, 5.41) is 0. The summed E-state index contributed by atoms with van der Waals surface area (Å²) in [6.07, 6.45) is 0. The van der Waals surface area contributed by atoms with Gasteiger partial charge in [0.15, 0.2) is 11.5 Å². The van der Waals surface area contributed by atoms with Crippen molar-refractivity contribution in [2.45, 2.75) is 6.54 Å². The van der Waals surface area contributed by atoms with Gasteiger partial charge in [0.1, 0.15) is 11.5 Å². The zero-order chi connectivity index (χ0) is 22.4. The Bertz CT molecular complexity index is 862. The molecule has 31 heavy (non-hydrogen) atoms. The molecule has 1 fully saturated rings. The maximum Gasteiger partial charge on any atom is 0.254 e. The Balaban J connectivity index is 1.66. The topological polar surface area (TPSA) is 69.7 Å². The smallest absolute Gasteiger partial charge is 0.254 e. The average Bonchev–Trinajstić information content (AvgIpc) is 2.82. The van der Waals surface area contributed by atoms with Crippen LogP contribution in [0.3, 0.4) is 0 Å². The van der Waals surface area contributed by atoms with E-state index in [-0.39, 0.29) is 5.91 Å². The quantitative estimate of drug-likeness (QED) is 0.638. The first-order chi connectivity index (χ1) is 15.0. The minimum Gasteiger partial charge on any atom is -0.497 e. The van der Waals surface area contributed by atoms with E-state index in [9.17, 15) is 4.79 Å². The average molecular weight is 431 g/mol. The highest BCUT2D eigenvalue weighted by molar-refractivity contribution is 5.95. The maximum atomic E-state index is 13.1. The van der Waals surface area contributed by atoms with Crippen LogP contribution in [0.2, 0.25) is 0 Å². The Kier molecular flexibility index (Phi) is 7.46. The zero-order valence-corrected chi connectivity index (χ0v) is 18.8. The highest BCUT2D eigenvalue weighted by Gasteiger charge is 2.25. The van der Waals surface area contributed by atoms with E-state index in [0.717, 1.165) is 36.7 Å². The Morgan fingerprint density at radius 1 is 0.742 bits per heavy atom. The molecule has 8 nitrogen and oxygen atoms in total. The number of hydrogen-bond donors (Lipinski definition) is 0. The van der Waals surface area contributed by atoms with Crippen LogP contribution in [0.5, 0.6) is 28.7 Å². The standard InChI is InChI=1S/C23H30N2O6/c1-27-18-10-16(11-19(14-18)28-2)15-24-6-8-25(9-7-24)23(26)17-12-20(29-3)22(31-5)21(13-17)30-4/h10-14H,6-9,15H2,1-5H3. The van der Waals surface area contributed by atoms with Crippen LogP contribution in [0, 0.1) is 0 Å². The number of carbonyl (C=O) groups is 1. The molecule has 1 amide bonds. The first-order valence-corrected chi connectivity index (χ1v) is 10.1. The van der Waals surface area contributed by atoms with Crippen LogP contribution in [0.1, 0.15) is 15.9 Å². The molecule has 8 heteroatoms. The first-order valence-electron chi connectivity index (χ1n) is 10.1. The van der Waals surface area contributed by atoms with Crippen LogP contribution in [-0.4, -0.2) is 77.4 Å². The second-order valence-electron chi connectivity index (χ2n) is 7.20. The molecule has 0 N–H and O–H groups in total. The minimum atomic E-state index is -0.0537. The number of benzene rings is 2. The van der Waals surface area contributed by atoms with Crippen LogP contribution in [0.25, 0.3) is 0 Å². The summed E-state index contributed by atoms with van der Waals surface area (Å²) in [5.41, 5.74) is 1.63. The van der Waals surface area contributed by atoms with Gasteiger partial charge >= 0.3 is 0 Å².